The Labute approximate surface area is 192 Å². The number of aromatic amines is 1. The predicted molar refractivity (Wildman–Crippen MR) is 124 cm³/mol. The van der Waals surface area contributed by atoms with Crippen LogP contribution >= 0.6 is 0 Å². The molecule has 0 atom stereocenters. The van der Waals surface area contributed by atoms with Gasteiger partial charge in [0.1, 0.15) is 11.6 Å². The van der Waals surface area contributed by atoms with Gasteiger partial charge < -0.3 is 19.4 Å². The van der Waals surface area contributed by atoms with Crippen LogP contribution in [0.15, 0.2) is 23.5 Å². The molecule has 2 bridgehead atoms. The Morgan fingerprint density at radius 2 is 1.70 bits per heavy atom. The Morgan fingerprint density at radius 3 is 2.30 bits per heavy atom. The van der Waals surface area contributed by atoms with Crippen LogP contribution in [0.5, 0.6) is 0 Å². The number of imidazole rings is 1. The summed E-state index contributed by atoms with van der Waals surface area (Å²) in [5, 5.41) is 0. The van der Waals surface area contributed by atoms with Crippen molar-refractivity contribution in [1.29, 1.82) is 0 Å². The van der Waals surface area contributed by atoms with Gasteiger partial charge in [0, 0.05) is 44.1 Å². The maximum atomic E-state index is 12.2. The van der Waals surface area contributed by atoms with Crippen molar-refractivity contribution in [2.24, 2.45) is 0 Å². The van der Waals surface area contributed by atoms with Gasteiger partial charge >= 0.3 is 6.03 Å². The van der Waals surface area contributed by atoms with E-state index in [9.17, 15) is 9.59 Å². The number of rotatable bonds is 2. The van der Waals surface area contributed by atoms with E-state index in [2.05, 4.69) is 34.7 Å². The topological polar surface area (TPSA) is 113 Å². The van der Waals surface area contributed by atoms with E-state index < -0.39 is 0 Å². The number of nitrogens with zero attached hydrogens (tertiary/aromatic N) is 7. The Hall–Kier alpha value is -3.30. The minimum Gasteiger partial charge on any atom is -0.325 e. The summed E-state index contributed by atoms with van der Waals surface area (Å²) in [6.07, 6.45) is 12.2. The minimum atomic E-state index is -0.244. The molecule has 2 amide bonds. The molecule has 3 aromatic rings. The highest BCUT2D eigenvalue weighted by Gasteiger charge is 2.43. The van der Waals surface area contributed by atoms with Crippen molar-refractivity contribution in [2.75, 3.05) is 13.1 Å². The molecule has 6 rings (SSSR count). The molecule has 0 aromatic carbocycles. The van der Waals surface area contributed by atoms with Gasteiger partial charge in [0.2, 0.25) is 0 Å². The number of urea groups is 1. The first-order valence-electron chi connectivity index (χ1n) is 11.9. The first-order chi connectivity index (χ1) is 16.1. The van der Waals surface area contributed by atoms with E-state index in [1.807, 2.05) is 18.4 Å². The summed E-state index contributed by atoms with van der Waals surface area (Å²) >= 11 is 0. The monoisotopic (exact) mass is 450 g/mol. The number of hydrogen-bond acceptors (Lipinski definition) is 6. The highest BCUT2D eigenvalue weighted by molar-refractivity contribution is 5.76. The van der Waals surface area contributed by atoms with Crippen LogP contribution in [0.3, 0.4) is 0 Å². The second-order valence-corrected chi connectivity index (χ2v) is 8.95. The van der Waals surface area contributed by atoms with Gasteiger partial charge in [-0.25, -0.2) is 24.7 Å². The van der Waals surface area contributed by atoms with E-state index in [1.54, 1.807) is 12.4 Å². The Morgan fingerprint density at radius 1 is 1.06 bits per heavy atom. The van der Waals surface area contributed by atoms with Crippen molar-refractivity contribution in [3.05, 3.63) is 34.9 Å². The van der Waals surface area contributed by atoms with Crippen LogP contribution in [0.1, 0.15) is 51.3 Å². The van der Waals surface area contributed by atoms with Gasteiger partial charge in [0.05, 0.1) is 11.9 Å². The van der Waals surface area contributed by atoms with Gasteiger partial charge in [0.25, 0.3) is 5.56 Å². The molecule has 3 saturated heterocycles. The van der Waals surface area contributed by atoms with Gasteiger partial charge in [-0.2, -0.15) is 0 Å². The highest BCUT2D eigenvalue weighted by Crippen LogP contribution is 2.38. The second kappa shape index (κ2) is 8.92. The molecular weight excluding hydrogens is 420 g/mol. The third kappa shape index (κ3) is 3.98. The zero-order valence-corrected chi connectivity index (χ0v) is 19.2. The fraction of sp³-hybridized carbons (Fsp3) is 0.565. The number of carbonyl (C=O) groups excluding carboxylic acids is 1. The first-order valence-corrected chi connectivity index (χ1v) is 11.9. The molecule has 3 fully saturated rings. The fourth-order valence-electron chi connectivity index (χ4n) is 5.27. The number of nitrogens with one attached hydrogen (secondary N) is 1. The summed E-state index contributed by atoms with van der Waals surface area (Å²) in [4.78, 5) is 47.5. The summed E-state index contributed by atoms with van der Waals surface area (Å²) in [7, 11) is 0. The minimum absolute atomic E-state index is 0.244. The lowest BCUT2D eigenvalue weighted by atomic mass is 10.0. The lowest BCUT2D eigenvalue weighted by Crippen LogP contribution is -2.44. The molecule has 6 heterocycles. The zero-order valence-electron chi connectivity index (χ0n) is 19.2. The molecule has 1 N–H and O–H groups in total. The van der Waals surface area contributed by atoms with Gasteiger partial charge in [-0.3, -0.25) is 4.79 Å². The smallest absolute Gasteiger partial charge is 0.320 e. The molecule has 174 valence electrons. The predicted octanol–water partition coefficient (Wildman–Crippen LogP) is 2.73. The fourth-order valence-corrected chi connectivity index (χ4v) is 5.27. The molecule has 33 heavy (non-hydrogen) atoms. The molecule has 0 spiro atoms. The van der Waals surface area contributed by atoms with Gasteiger partial charge in [-0.15, -0.1) is 0 Å². The average molecular weight is 451 g/mol. The van der Waals surface area contributed by atoms with E-state index in [0.717, 1.165) is 18.7 Å². The highest BCUT2D eigenvalue weighted by atomic mass is 16.2. The molecule has 0 radical (unpaired) electrons. The van der Waals surface area contributed by atoms with Gasteiger partial charge in [0.15, 0.2) is 11.2 Å². The maximum absolute atomic E-state index is 12.2. The lowest BCUT2D eigenvalue weighted by Gasteiger charge is -2.27. The van der Waals surface area contributed by atoms with Crippen molar-refractivity contribution in [2.45, 2.75) is 71.0 Å². The lowest BCUT2D eigenvalue weighted by molar-refractivity contribution is 0.156. The number of H-pyrrole nitrogens is 1. The maximum Gasteiger partial charge on any atom is 0.320 e. The first kappa shape index (κ1) is 21.5. The molecule has 0 saturated carbocycles. The van der Waals surface area contributed by atoms with E-state index in [4.69, 9.17) is 0 Å². The van der Waals surface area contributed by atoms with Crippen molar-refractivity contribution in [3.8, 4) is 11.4 Å². The second-order valence-electron chi connectivity index (χ2n) is 8.95. The molecule has 0 unspecified atom stereocenters. The number of fused-ring (bicyclic) bond motifs is 3. The summed E-state index contributed by atoms with van der Waals surface area (Å²) < 4.78 is 1.87. The molecule has 3 aromatic heterocycles. The van der Waals surface area contributed by atoms with Crippen molar-refractivity contribution in [1.82, 2.24) is 39.3 Å². The van der Waals surface area contributed by atoms with Crippen LogP contribution in [0.2, 0.25) is 0 Å². The zero-order chi connectivity index (χ0) is 22.9. The number of aryl methyl sites for hydroxylation is 2. The third-order valence-electron chi connectivity index (χ3n) is 6.94. The van der Waals surface area contributed by atoms with Crippen LogP contribution in [0.4, 0.5) is 4.79 Å². The number of aromatic nitrogens is 6. The molecular formula is C23H30N8O2. The average Bonchev–Trinajstić information content (AvgIpc) is 3.63. The Bertz CT molecular complexity index is 1180. The van der Waals surface area contributed by atoms with E-state index in [-0.39, 0.29) is 5.56 Å². The molecule has 10 heteroatoms. The van der Waals surface area contributed by atoms with Crippen molar-refractivity contribution < 1.29 is 4.79 Å². The largest absolute Gasteiger partial charge is 0.325 e. The summed E-state index contributed by atoms with van der Waals surface area (Å²) in [6, 6.07) is 1.52. The number of likely N-dealkylation sites (tertiary alicyclic amines) is 1. The summed E-state index contributed by atoms with van der Waals surface area (Å²) in [5.74, 6) is 1.35. The molecule has 3 aliphatic heterocycles. The molecule has 10 nitrogen and oxygen atoms in total. The summed E-state index contributed by atoms with van der Waals surface area (Å²) in [5.41, 5.74) is 1.43. The van der Waals surface area contributed by atoms with Crippen LogP contribution in [0, 0.1) is 6.92 Å². The Balaban J connectivity index is 0.000000144. The Kier molecular flexibility index (Phi) is 5.82. The molecule has 3 aliphatic rings. The van der Waals surface area contributed by atoms with Crippen molar-refractivity contribution >= 4 is 17.2 Å². The van der Waals surface area contributed by atoms with Gasteiger partial charge in [-0.1, -0.05) is 0 Å². The van der Waals surface area contributed by atoms with Crippen molar-refractivity contribution in [3.63, 3.8) is 0 Å². The van der Waals surface area contributed by atoms with Crippen LogP contribution in [0.25, 0.3) is 22.6 Å². The number of carbonyl (C=O) groups is 1. The number of amides is 2. The van der Waals surface area contributed by atoms with Crippen LogP contribution in [-0.4, -0.2) is 70.5 Å². The van der Waals surface area contributed by atoms with E-state index in [0.29, 0.717) is 47.5 Å². The van der Waals surface area contributed by atoms with Crippen LogP contribution < -0.4 is 5.56 Å². The third-order valence-corrected chi connectivity index (χ3v) is 6.94. The SMILES string of the molecule is CCn1c(-c2cnc(C)nc2)nc2c(=O)[nH]cnc21.O=C(N1CCCC1)N1C2CCC1CC2. The quantitative estimate of drug-likeness (QED) is 0.642. The normalized spacial score (nSPS) is 21.5. The number of hydrogen-bond donors (Lipinski definition) is 1. The standard InChI is InChI=1S/C12H12N6O.C11H18N2O/c1-3-18-10(8-4-13-7(2)14-5-8)17-9-11(18)15-6-16-12(9)19;14-11(12-7-1-2-8-12)13-9-3-4-10(13)6-5-9/h4-6H,3H2,1-2H3,(H,15,16,19);9-10H,1-8H2. The molecule has 0 aliphatic carbocycles. The van der Waals surface area contributed by atoms with Gasteiger partial charge in [-0.05, 0) is 52.4 Å². The van der Waals surface area contributed by atoms with E-state index >= 15 is 0 Å². The van der Waals surface area contributed by atoms with E-state index in [1.165, 1.54) is 44.9 Å². The van der Waals surface area contributed by atoms with Crippen LogP contribution in [-0.2, 0) is 6.54 Å². The summed E-state index contributed by atoms with van der Waals surface area (Å²) in [6.45, 7) is 6.45.